The average Bonchev–Trinajstić information content (AvgIpc) is 2.96. The van der Waals surface area contributed by atoms with Crippen LogP contribution in [0.1, 0.15) is 29.4 Å². The van der Waals surface area contributed by atoms with Crippen molar-refractivity contribution in [3.63, 3.8) is 0 Å². The van der Waals surface area contributed by atoms with E-state index in [4.69, 9.17) is 5.11 Å². The molecule has 0 saturated carbocycles. The number of hydrogen-bond donors (Lipinski definition) is 2. The quantitative estimate of drug-likeness (QED) is 0.829. The zero-order valence-electron chi connectivity index (χ0n) is 11.7. The highest BCUT2D eigenvalue weighted by atomic mass is 16.2. The largest absolute Gasteiger partial charge is 0.395 e. The smallest absolute Gasteiger partial charge is 0.274 e. The first kappa shape index (κ1) is 14.8. The molecule has 0 bridgehead atoms. The van der Waals surface area contributed by atoms with E-state index in [1.807, 2.05) is 6.92 Å². The van der Waals surface area contributed by atoms with Gasteiger partial charge >= 0.3 is 0 Å². The molecular weight excluding hydrogens is 268 g/mol. The molecule has 1 amide bonds. The van der Waals surface area contributed by atoms with Gasteiger partial charge < -0.3 is 10.4 Å². The molecule has 0 saturated heterocycles. The van der Waals surface area contributed by atoms with Crippen molar-refractivity contribution < 1.29 is 9.90 Å². The maximum absolute atomic E-state index is 12.0. The van der Waals surface area contributed by atoms with Gasteiger partial charge in [0.1, 0.15) is 5.69 Å². The minimum absolute atomic E-state index is 0.0341. The van der Waals surface area contributed by atoms with E-state index in [9.17, 15) is 4.79 Å². The lowest BCUT2D eigenvalue weighted by molar-refractivity contribution is 0.102. The Bertz CT molecular complexity index is 665. The van der Waals surface area contributed by atoms with Crippen molar-refractivity contribution in [3.05, 3.63) is 42.0 Å². The molecular formula is C15H16N4O2. The Labute approximate surface area is 122 Å². The van der Waals surface area contributed by atoms with Crippen molar-refractivity contribution in [2.75, 3.05) is 11.9 Å². The average molecular weight is 284 g/mol. The van der Waals surface area contributed by atoms with Crippen LogP contribution in [0, 0.1) is 11.8 Å². The fraction of sp³-hybridized carbons (Fsp3) is 0.267. The van der Waals surface area contributed by atoms with Gasteiger partial charge in [-0.2, -0.15) is 5.10 Å². The molecule has 21 heavy (non-hydrogen) atoms. The number of aliphatic hydroxyl groups is 1. The first-order valence-electron chi connectivity index (χ1n) is 6.62. The number of nitrogens with one attached hydrogen (secondary N) is 1. The first-order chi connectivity index (χ1) is 10.2. The van der Waals surface area contributed by atoms with E-state index in [0.717, 1.165) is 6.54 Å². The number of aryl methyl sites for hydroxylation is 1. The third kappa shape index (κ3) is 4.16. The number of aromatic nitrogens is 3. The lowest BCUT2D eigenvalue weighted by Crippen LogP contribution is -2.13. The van der Waals surface area contributed by atoms with Gasteiger partial charge in [-0.15, -0.1) is 0 Å². The zero-order chi connectivity index (χ0) is 15.1. The van der Waals surface area contributed by atoms with Crippen LogP contribution in [-0.4, -0.2) is 32.4 Å². The van der Waals surface area contributed by atoms with Gasteiger partial charge in [0.2, 0.25) is 0 Å². The van der Waals surface area contributed by atoms with E-state index in [1.165, 1.54) is 6.20 Å². The SMILES string of the molecule is CCn1cc(NC(=O)c2ccc(C#CCCO)cn2)cn1. The second-order valence-electron chi connectivity index (χ2n) is 4.25. The normalized spacial score (nSPS) is 9.81. The lowest BCUT2D eigenvalue weighted by Gasteiger charge is -2.01. The van der Waals surface area contributed by atoms with Crippen LogP contribution in [0.15, 0.2) is 30.7 Å². The monoisotopic (exact) mass is 284 g/mol. The standard InChI is InChI=1S/C15H16N4O2/c1-2-19-11-13(10-17-19)18-15(21)14-7-6-12(9-16-14)5-3-4-8-20/h6-7,9-11,20H,2,4,8H2,1H3,(H,18,21). The van der Waals surface area contributed by atoms with Gasteiger partial charge in [0.15, 0.2) is 0 Å². The summed E-state index contributed by atoms with van der Waals surface area (Å²) in [7, 11) is 0. The van der Waals surface area contributed by atoms with Crippen LogP contribution in [0.25, 0.3) is 0 Å². The number of nitrogens with zero attached hydrogens (tertiary/aromatic N) is 3. The van der Waals surface area contributed by atoms with Crippen LogP contribution in [0.4, 0.5) is 5.69 Å². The molecule has 0 atom stereocenters. The molecule has 0 aliphatic carbocycles. The van der Waals surface area contributed by atoms with E-state index in [0.29, 0.717) is 23.4 Å². The summed E-state index contributed by atoms with van der Waals surface area (Å²) in [5.41, 5.74) is 1.65. The highest BCUT2D eigenvalue weighted by Gasteiger charge is 2.08. The van der Waals surface area contributed by atoms with Crippen molar-refractivity contribution in [1.29, 1.82) is 0 Å². The summed E-state index contributed by atoms with van der Waals surface area (Å²) in [6, 6.07) is 3.34. The van der Waals surface area contributed by atoms with Crippen molar-refractivity contribution in [2.45, 2.75) is 19.9 Å². The van der Waals surface area contributed by atoms with Crippen LogP contribution in [0.2, 0.25) is 0 Å². The van der Waals surface area contributed by atoms with Crippen LogP contribution < -0.4 is 5.32 Å². The highest BCUT2D eigenvalue weighted by Crippen LogP contribution is 2.07. The predicted molar refractivity (Wildman–Crippen MR) is 78.7 cm³/mol. The van der Waals surface area contributed by atoms with Gasteiger partial charge in [0, 0.05) is 30.9 Å². The summed E-state index contributed by atoms with van der Waals surface area (Å²) in [5, 5.41) is 15.5. The van der Waals surface area contributed by atoms with Gasteiger partial charge in [-0.25, -0.2) is 4.98 Å². The molecule has 2 aromatic heterocycles. The molecule has 2 aromatic rings. The second-order valence-corrected chi connectivity index (χ2v) is 4.25. The van der Waals surface area contributed by atoms with E-state index in [2.05, 4.69) is 27.2 Å². The Hall–Kier alpha value is -2.65. The fourth-order valence-electron chi connectivity index (χ4n) is 1.62. The summed E-state index contributed by atoms with van der Waals surface area (Å²) >= 11 is 0. The molecule has 0 unspecified atom stereocenters. The molecule has 0 fully saturated rings. The van der Waals surface area contributed by atoms with Gasteiger partial charge in [0.05, 0.1) is 18.5 Å². The van der Waals surface area contributed by atoms with Crippen molar-refractivity contribution >= 4 is 11.6 Å². The number of pyridine rings is 1. The summed E-state index contributed by atoms with van der Waals surface area (Å²) in [6.07, 6.45) is 5.31. The predicted octanol–water partition coefficient (Wildman–Crippen LogP) is 1.28. The Morgan fingerprint density at radius 2 is 2.29 bits per heavy atom. The van der Waals surface area contributed by atoms with Gasteiger partial charge in [0.25, 0.3) is 5.91 Å². The highest BCUT2D eigenvalue weighted by molar-refractivity contribution is 6.02. The van der Waals surface area contributed by atoms with Gasteiger partial charge in [-0.3, -0.25) is 9.48 Å². The van der Waals surface area contributed by atoms with Crippen molar-refractivity contribution in [3.8, 4) is 11.8 Å². The van der Waals surface area contributed by atoms with Crippen molar-refractivity contribution in [1.82, 2.24) is 14.8 Å². The Morgan fingerprint density at radius 1 is 1.43 bits per heavy atom. The molecule has 6 heteroatoms. The Balaban J connectivity index is 2.01. The van der Waals surface area contributed by atoms with Gasteiger partial charge in [-0.1, -0.05) is 11.8 Å². The van der Waals surface area contributed by atoms with Gasteiger partial charge in [-0.05, 0) is 19.1 Å². The third-order valence-corrected chi connectivity index (χ3v) is 2.68. The molecule has 6 nitrogen and oxygen atoms in total. The molecule has 0 spiro atoms. The molecule has 2 rings (SSSR count). The van der Waals surface area contributed by atoms with Crippen LogP contribution in [-0.2, 0) is 6.54 Å². The zero-order valence-corrected chi connectivity index (χ0v) is 11.7. The summed E-state index contributed by atoms with van der Waals surface area (Å²) < 4.78 is 1.73. The molecule has 0 aromatic carbocycles. The maximum atomic E-state index is 12.0. The van der Waals surface area contributed by atoms with E-state index >= 15 is 0 Å². The van der Waals surface area contributed by atoms with E-state index < -0.39 is 0 Å². The first-order valence-corrected chi connectivity index (χ1v) is 6.62. The molecule has 0 radical (unpaired) electrons. The van der Waals surface area contributed by atoms with Crippen LogP contribution in [0.5, 0.6) is 0 Å². The Kier molecular flexibility index (Phi) is 5.07. The number of carbonyl (C=O) groups is 1. The number of hydrogen-bond acceptors (Lipinski definition) is 4. The lowest BCUT2D eigenvalue weighted by atomic mass is 10.2. The molecule has 2 N–H and O–H groups in total. The minimum atomic E-state index is -0.291. The fourth-order valence-corrected chi connectivity index (χ4v) is 1.62. The van der Waals surface area contributed by atoms with Crippen LogP contribution in [0.3, 0.4) is 0 Å². The minimum Gasteiger partial charge on any atom is -0.395 e. The Morgan fingerprint density at radius 3 is 2.90 bits per heavy atom. The molecule has 2 heterocycles. The molecule has 0 aliphatic rings. The molecule has 108 valence electrons. The number of aliphatic hydroxyl groups excluding tert-OH is 1. The van der Waals surface area contributed by atoms with Crippen molar-refractivity contribution in [2.24, 2.45) is 0 Å². The summed E-state index contributed by atoms with van der Waals surface area (Å²) in [5.74, 6) is 5.36. The van der Waals surface area contributed by atoms with Crippen LogP contribution >= 0.6 is 0 Å². The van der Waals surface area contributed by atoms with E-state index in [-0.39, 0.29) is 12.5 Å². The number of amides is 1. The molecule has 0 aliphatic heterocycles. The topological polar surface area (TPSA) is 80.0 Å². The summed E-state index contributed by atoms with van der Waals surface area (Å²) in [6.45, 7) is 2.75. The van der Waals surface area contributed by atoms with E-state index in [1.54, 1.807) is 29.2 Å². The summed E-state index contributed by atoms with van der Waals surface area (Å²) in [4.78, 5) is 16.1. The number of rotatable bonds is 4. The number of carbonyl (C=O) groups excluding carboxylic acids is 1. The second kappa shape index (κ2) is 7.22. The third-order valence-electron chi connectivity index (χ3n) is 2.68. The maximum Gasteiger partial charge on any atom is 0.274 e. The number of anilines is 1.